The van der Waals surface area contributed by atoms with Gasteiger partial charge in [0.1, 0.15) is 25.0 Å². The van der Waals surface area contributed by atoms with Crippen molar-refractivity contribution in [1.82, 2.24) is 25.0 Å². The van der Waals surface area contributed by atoms with Crippen LogP contribution < -0.4 is 5.32 Å². The molecule has 2 heterocycles. The first-order valence-electron chi connectivity index (χ1n) is 6.62. The van der Waals surface area contributed by atoms with E-state index >= 15 is 0 Å². The standard InChI is InChI=1S/C13H10ClFN6O2S/c14-9-3-8(1-2-10(9)15)18-11(22)5-24-13-20-19-12(23-13)4-21-7-16-6-17-21/h1-3,6-7H,4-5H2,(H,18,22). The lowest BCUT2D eigenvalue weighted by Gasteiger charge is -2.04. The molecule has 3 aromatic rings. The van der Waals surface area contributed by atoms with E-state index < -0.39 is 5.82 Å². The molecule has 0 unspecified atom stereocenters. The van der Waals surface area contributed by atoms with Gasteiger partial charge < -0.3 is 9.73 Å². The van der Waals surface area contributed by atoms with Crippen LogP contribution in [-0.2, 0) is 11.3 Å². The van der Waals surface area contributed by atoms with E-state index in [1.807, 2.05) is 0 Å². The molecule has 0 bridgehead atoms. The number of benzene rings is 1. The van der Waals surface area contributed by atoms with E-state index in [9.17, 15) is 9.18 Å². The van der Waals surface area contributed by atoms with Gasteiger partial charge in [-0.25, -0.2) is 14.1 Å². The van der Waals surface area contributed by atoms with Crippen molar-refractivity contribution in [3.05, 3.63) is 47.6 Å². The van der Waals surface area contributed by atoms with E-state index in [4.69, 9.17) is 16.0 Å². The van der Waals surface area contributed by atoms with Crippen LogP contribution in [0.4, 0.5) is 10.1 Å². The van der Waals surface area contributed by atoms with Crippen LogP contribution in [-0.4, -0.2) is 36.6 Å². The number of thioether (sulfide) groups is 1. The third-order valence-corrected chi connectivity index (χ3v) is 3.85. The highest BCUT2D eigenvalue weighted by Gasteiger charge is 2.11. The molecule has 1 aromatic carbocycles. The van der Waals surface area contributed by atoms with E-state index in [0.29, 0.717) is 18.1 Å². The number of nitrogens with zero attached hydrogens (tertiary/aromatic N) is 5. The number of carbonyl (C=O) groups is 1. The second-order valence-corrected chi connectivity index (χ2v) is 5.85. The summed E-state index contributed by atoms with van der Waals surface area (Å²) >= 11 is 6.74. The number of anilines is 1. The number of carbonyl (C=O) groups excluding carboxylic acids is 1. The summed E-state index contributed by atoms with van der Waals surface area (Å²) in [6, 6.07) is 3.94. The summed E-state index contributed by atoms with van der Waals surface area (Å²) in [5, 5.41) is 14.4. The summed E-state index contributed by atoms with van der Waals surface area (Å²) in [6.45, 7) is 0.299. The summed E-state index contributed by atoms with van der Waals surface area (Å²) in [4.78, 5) is 15.7. The summed E-state index contributed by atoms with van der Waals surface area (Å²) in [5.74, 6) is -0.442. The van der Waals surface area contributed by atoms with Crippen LogP contribution in [0, 0.1) is 5.82 Å². The first-order valence-corrected chi connectivity index (χ1v) is 7.99. The topological polar surface area (TPSA) is 98.7 Å². The molecule has 0 radical (unpaired) electrons. The molecule has 0 saturated carbocycles. The Hall–Kier alpha value is -2.46. The normalized spacial score (nSPS) is 10.8. The molecule has 0 atom stereocenters. The summed E-state index contributed by atoms with van der Waals surface area (Å²) < 4.78 is 20.0. The van der Waals surface area contributed by atoms with Crippen LogP contribution in [0.1, 0.15) is 5.89 Å². The fourth-order valence-corrected chi connectivity index (χ4v) is 2.47. The third kappa shape index (κ3) is 4.30. The molecule has 124 valence electrons. The van der Waals surface area contributed by atoms with Crippen molar-refractivity contribution in [2.75, 3.05) is 11.1 Å². The molecule has 2 aromatic heterocycles. The van der Waals surface area contributed by atoms with Crippen LogP contribution in [0.3, 0.4) is 0 Å². The number of hydrogen-bond acceptors (Lipinski definition) is 7. The zero-order valence-corrected chi connectivity index (χ0v) is 13.6. The van der Waals surface area contributed by atoms with Crippen molar-refractivity contribution in [2.45, 2.75) is 11.8 Å². The van der Waals surface area contributed by atoms with Gasteiger partial charge in [-0.05, 0) is 18.2 Å². The molecule has 1 N–H and O–H groups in total. The van der Waals surface area contributed by atoms with Gasteiger partial charge in [0.05, 0.1) is 10.8 Å². The zero-order valence-electron chi connectivity index (χ0n) is 12.0. The first-order chi connectivity index (χ1) is 11.6. The summed E-state index contributed by atoms with van der Waals surface area (Å²) in [6.07, 6.45) is 2.93. The number of aromatic nitrogens is 5. The lowest BCUT2D eigenvalue weighted by molar-refractivity contribution is -0.113. The van der Waals surface area contributed by atoms with Gasteiger partial charge in [0.25, 0.3) is 5.22 Å². The predicted octanol–water partition coefficient (Wildman–Crippen LogP) is 2.23. The third-order valence-electron chi connectivity index (χ3n) is 2.74. The molecule has 0 aliphatic rings. The van der Waals surface area contributed by atoms with E-state index in [1.54, 1.807) is 0 Å². The molecular weight excluding hydrogens is 359 g/mol. The highest BCUT2D eigenvalue weighted by atomic mass is 35.5. The van der Waals surface area contributed by atoms with Crippen LogP contribution >= 0.6 is 23.4 Å². The highest BCUT2D eigenvalue weighted by molar-refractivity contribution is 7.99. The van der Waals surface area contributed by atoms with Crippen LogP contribution in [0.5, 0.6) is 0 Å². The van der Waals surface area contributed by atoms with E-state index in [-0.39, 0.29) is 21.9 Å². The van der Waals surface area contributed by atoms with E-state index in [0.717, 1.165) is 11.8 Å². The van der Waals surface area contributed by atoms with Gasteiger partial charge in [-0.1, -0.05) is 23.4 Å². The maximum atomic E-state index is 13.1. The van der Waals surface area contributed by atoms with Gasteiger partial charge in [0, 0.05) is 5.69 Å². The fourth-order valence-electron chi connectivity index (χ4n) is 1.71. The molecule has 3 rings (SSSR count). The average Bonchev–Trinajstić information content (AvgIpc) is 3.21. The van der Waals surface area contributed by atoms with Crippen LogP contribution in [0.2, 0.25) is 5.02 Å². The summed E-state index contributed by atoms with van der Waals surface area (Å²) in [5.41, 5.74) is 0.407. The molecule has 1 amide bonds. The minimum absolute atomic E-state index is 0.0555. The van der Waals surface area contributed by atoms with Gasteiger partial charge in [0.2, 0.25) is 11.8 Å². The fraction of sp³-hybridized carbons (Fsp3) is 0.154. The first kappa shape index (κ1) is 16.4. The highest BCUT2D eigenvalue weighted by Crippen LogP contribution is 2.20. The SMILES string of the molecule is O=C(CSc1nnc(Cn2cncn2)o1)Nc1ccc(F)c(Cl)c1. The molecule has 0 saturated heterocycles. The monoisotopic (exact) mass is 368 g/mol. The van der Waals surface area contributed by atoms with Gasteiger partial charge in [-0.15, -0.1) is 10.2 Å². The van der Waals surface area contributed by atoms with Gasteiger partial charge in [0.15, 0.2) is 0 Å². The molecule has 0 aliphatic carbocycles. The second kappa shape index (κ2) is 7.41. The Balaban J connectivity index is 1.51. The van der Waals surface area contributed by atoms with Crippen LogP contribution in [0.15, 0.2) is 40.5 Å². The smallest absolute Gasteiger partial charge is 0.277 e. The maximum absolute atomic E-state index is 13.1. The number of halogens is 2. The second-order valence-electron chi connectivity index (χ2n) is 4.52. The van der Waals surface area contributed by atoms with Gasteiger partial charge in [-0.2, -0.15) is 5.10 Å². The number of nitrogens with one attached hydrogen (secondary N) is 1. The lowest BCUT2D eigenvalue weighted by Crippen LogP contribution is -2.14. The molecule has 0 aliphatic heterocycles. The van der Waals surface area contributed by atoms with Crippen molar-refractivity contribution < 1.29 is 13.6 Å². The molecular formula is C13H10ClFN6O2S. The Kier molecular flexibility index (Phi) is 5.06. The van der Waals surface area contributed by atoms with Crippen molar-refractivity contribution in [1.29, 1.82) is 0 Å². The Morgan fingerprint density at radius 3 is 3.04 bits per heavy atom. The Morgan fingerprint density at radius 1 is 1.42 bits per heavy atom. The van der Waals surface area contributed by atoms with Crippen molar-refractivity contribution in [2.24, 2.45) is 0 Å². The molecule has 24 heavy (non-hydrogen) atoms. The number of rotatable bonds is 6. The van der Waals surface area contributed by atoms with Gasteiger partial charge >= 0.3 is 0 Å². The average molecular weight is 369 g/mol. The van der Waals surface area contributed by atoms with Crippen molar-refractivity contribution in [3.8, 4) is 0 Å². The Labute approximate surface area is 144 Å². The molecule has 11 heteroatoms. The predicted molar refractivity (Wildman–Crippen MR) is 84.2 cm³/mol. The number of hydrogen-bond donors (Lipinski definition) is 1. The minimum Gasteiger partial charge on any atom is -0.414 e. The number of amides is 1. The van der Waals surface area contributed by atoms with Crippen molar-refractivity contribution in [3.63, 3.8) is 0 Å². The van der Waals surface area contributed by atoms with E-state index in [1.165, 1.54) is 35.5 Å². The maximum Gasteiger partial charge on any atom is 0.277 e. The quantitative estimate of drug-likeness (QED) is 0.666. The molecule has 0 fully saturated rings. The molecule has 0 spiro atoms. The van der Waals surface area contributed by atoms with Crippen LogP contribution in [0.25, 0.3) is 0 Å². The summed E-state index contributed by atoms with van der Waals surface area (Å²) in [7, 11) is 0. The minimum atomic E-state index is -0.546. The Morgan fingerprint density at radius 2 is 2.29 bits per heavy atom. The van der Waals surface area contributed by atoms with Crippen molar-refractivity contribution >= 4 is 35.0 Å². The lowest BCUT2D eigenvalue weighted by atomic mass is 10.3. The Bertz CT molecular complexity index is 841. The zero-order chi connectivity index (χ0) is 16.9. The van der Waals surface area contributed by atoms with E-state index in [2.05, 4.69) is 25.6 Å². The molecule has 8 nitrogen and oxygen atoms in total. The van der Waals surface area contributed by atoms with Gasteiger partial charge in [-0.3, -0.25) is 4.79 Å². The largest absolute Gasteiger partial charge is 0.414 e.